The van der Waals surface area contributed by atoms with E-state index in [-0.39, 0.29) is 61.2 Å². The van der Waals surface area contributed by atoms with Gasteiger partial charge in [0.2, 0.25) is 5.91 Å². The Bertz CT molecular complexity index is 1820. The average Bonchev–Trinajstić information content (AvgIpc) is 3.15. The van der Waals surface area contributed by atoms with Crippen molar-refractivity contribution in [3.8, 4) is 17.2 Å². The van der Waals surface area contributed by atoms with Crippen molar-refractivity contribution in [2.24, 2.45) is 0 Å². The summed E-state index contributed by atoms with van der Waals surface area (Å²) < 4.78 is 25.7. The Morgan fingerprint density at radius 2 is 1.54 bits per heavy atom. The summed E-state index contributed by atoms with van der Waals surface area (Å²) in [5, 5.41) is 25.2. The molecule has 0 saturated carbocycles. The summed E-state index contributed by atoms with van der Waals surface area (Å²) in [4.78, 5) is 78.2. The third-order valence-corrected chi connectivity index (χ3v) is 8.06. The topological polar surface area (TPSA) is 216 Å². The van der Waals surface area contributed by atoms with Crippen LogP contribution < -0.4 is 20.3 Å². The summed E-state index contributed by atoms with van der Waals surface area (Å²) in [6.45, 7) is 6.60. The number of carbonyl (C=O) groups excluding carboxylic acids is 6. The maximum absolute atomic E-state index is 13.4. The lowest BCUT2D eigenvalue weighted by atomic mass is 9.97. The highest BCUT2D eigenvalue weighted by Crippen LogP contribution is 2.29. The van der Waals surface area contributed by atoms with Crippen LogP contribution >= 0.6 is 0 Å². The summed E-state index contributed by atoms with van der Waals surface area (Å²) in [5.41, 5.74) is 0.286. The molecule has 3 amide bonds. The van der Waals surface area contributed by atoms with Crippen molar-refractivity contribution in [1.29, 1.82) is 0 Å². The normalized spacial score (nSPS) is 12.0. The highest BCUT2D eigenvalue weighted by atomic mass is 16.6. The number of anilines is 1. The van der Waals surface area contributed by atoms with Gasteiger partial charge in [-0.3, -0.25) is 14.4 Å². The van der Waals surface area contributed by atoms with Crippen molar-refractivity contribution in [2.45, 2.75) is 64.5 Å². The monoisotopic (exact) mass is 779 g/mol. The number of aromatic hydroxyl groups is 2. The maximum Gasteiger partial charge on any atom is 0.408 e. The van der Waals surface area contributed by atoms with Crippen LogP contribution in [0.3, 0.4) is 0 Å². The van der Waals surface area contributed by atoms with Gasteiger partial charge in [0, 0.05) is 25.2 Å². The first-order valence-corrected chi connectivity index (χ1v) is 17.8. The Labute approximate surface area is 325 Å². The number of hydrogen-bond acceptors (Lipinski definition) is 13. The minimum absolute atomic E-state index is 0.00634. The number of methoxy groups -OCH3 is 2. The largest absolute Gasteiger partial charge is 0.508 e. The van der Waals surface area contributed by atoms with Crippen LogP contribution in [0.2, 0.25) is 0 Å². The van der Waals surface area contributed by atoms with Gasteiger partial charge >= 0.3 is 29.9 Å². The van der Waals surface area contributed by atoms with Gasteiger partial charge in [-0.15, -0.1) is 0 Å². The lowest BCUT2D eigenvalue weighted by Gasteiger charge is -2.26. The maximum atomic E-state index is 13.4. The summed E-state index contributed by atoms with van der Waals surface area (Å²) in [6.07, 6.45) is 0.121. The van der Waals surface area contributed by atoms with Crippen LogP contribution in [0.25, 0.3) is 0 Å². The summed E-state index contributed by atoms with van der Waals surface area (Å²) in [5.74, 6) is -5.31. The second-order valence-corrected chi connectivity index (χ2v) is 13.4. The molecule has 3 aromatic carbocycles. The van der Waals surface area contributed by atoms with E-state index < -0.39 is 53.4 Å². The van der Waals surface area contributed by atoms with Gasteiger partial charge in [-0.1, -0.05) is 30.3 Å². The first-order chi connectivity index (χ1) is 26.6. The van der Waals surface area contributed by atoms with Gasteiger partial charge < -0.3 is 49.4 Å². The molecule has 0 aliphatic rings. The molecule has 2 atom stereocenters. The van der Waals surface area contributed by atoms with Gasteiger partial charge in [0.25, 0.3) is 0 Å². The van der Waals surface area contributed by atoms with Crippen molar-refractivity contribution in [1.82, 2.24) is 10.6 Å². The number of nitrogens with one attached hydrogen (secondary N) is 2. The Balaban J connectivity index is 1.76. The highest BCUT2D eigenvalue weighted by molar-refractivity contribution is 6.38. The minimum atomic E-state index is -1.14. The first-order valence-electron chi connectivity index (χ1n) is 17.8. The first kappa shape index (κ1) is 44.1. The van der Waals surface area contributed by atoms with E-state index in [0.717, 1.165) is 4.90 Å². The molecule has 0 aliphatic carbocycles. The molecule has 0 spiro atoms. The molecule has 3 aromatic rings. The van der Waals surface area contributed by atoms with E-state index in [1.54, 1.807) is 39.8 Å². The van der Waals surface area contributed by atoms with Crippen LogP contribution in [0.5, 0.6) is 17.2 Å². The zero-order valence-electron chi connectivity index (χ0n) is 32.3. The lowest BCUT2D eigenvalue weighted by Crippen LogP contribution is -2.49. The number of unbranched alkanes of at least 4 members (excludes halogenated alkanes) is 1. The van der Waals surface area contributed by atoms with Gasteiger partial charge in [0.15, 0.2) is 0 Å². The van der Waals surface area contributed by atoms with Crippen molar-refractivity contribution in [3.63, 3.8) is 0 Å². The zero-order chi connectivity index (χ0) is 41.4. The SMILES string of the molecule is CCOC(=O)C(=O)N(CC(C(=O)OC)c1ccc(O)cc1)c1ccc(C[C@H](NC(=O)OC(C)(C)C)C(=O)NCCCCOc2cccc(O)c2C(=O)OC)cc1. The predicted octanol–water partition coefficient (Wildman–Crippen LogP) is 4.15. The third kappa shape index (κ3) is 13.2. The molecule has 0 saturated heterocycles. The molecule has 16 nitrogen and oxygen atoms in total. The molecule has 0 heterocycles. The Hall–Kier alpha value is -6.32. The van der Waals surface area contributed by atoms with Gasteiger partial charge in [-0.05, 0) is 88.1 Å². The van der Waals surface area contributed by atoms with E-state index in [0.29, 0.717) is 24.0 Å². The van der Waals surface area contributed by atoms with Crippen LogP contribution in [0.1, 0.15) is 67.9 Å². The standard InChI is InChI=1S/C40H49N3O13/c1-7-54-38(50)35(47)43(24-29(36(48)52-5)26-15-19-28(44)20-16-26)27-17-13-25(14-18-27)23-30(42-39(51)56-40(2,3)4)34(46)41-21-8-9-22-55-32-12-10-11-31(45)33(32)37(49)53-6/h10-20,29-30,44-45H,7-9,21-24H2,1-6H3,(H,41,46)(H,42,51)/t29?,30-/m0/s1. The fourth-order valence-corrected chi connectivity index (χ4v) is 5.35. The second-order valence-electron chi connectivity index (χ2n) is 13.4. The molecule has 1 unspecified atom stereocenters. The van der Waals surface area contributed by atoms with Crippen molar-refractivity contribution in [3.05, 3.63) is 83.4 Å². The van der Waals surface area contributed by atoms with Crippen LogP contribution in [0.4, 0.5) is 10.5 Å². The number of hydrogen-bond donors (Lipinski definition) is 4. The second kappa shape index (κ2) is 21.0. The molecule has 0 aromatic heterocycles. The minimum Gasteiger partial charge on any atom is -0.508 e. The number of ether oxygens (including phenoxy) is 5. The van der Waals surface area contributed by atoms with Gasteiger partial charge in [0.05, 0.1) is 33.4 Å². The predicted molar refractivity (Wildman–Crippen MR) is 202 cm³/mol. The number of alkyl carbamates (subject to hydrolysis) is 1. The van der Waals surface area contributed by atoms with E-state index in [2.05, 4.69) is 10.6 Å². The summed E-state index contributed by atoms with van der Waals surface area (Å²) >= 11 is 0. The van der Waals surface area contributed by atoms with Gasteiger partial charge in [-0.25, -0.2) is 14.4 Å². The smallest absolute Gasteiger partial charge is 0.408 e. The quantitative estimate of drug-likeness (QED) is 0.0657. The number of carbonyl (C=O) groups is 6. The van der Waals surface area contributed by atoms with E-state index in [1.807, 2.05) is 0 Å². The van der Waals surface area contributed by atoms with E-state index in [1.165, 1.54) is 68.8 Å². The van der Waals surface area contributed by atoms with Crippen molar-refractivity contribution >= 4 is 41.5 Å². The summed E-state index contributed by atoms with van der Waals surface area (Å²) in [7, 11) is 2.38. The zero-order valence-corrected chi connectivity index (χ0v) is 32.3. The van der Waals surface area contributed by atoms with E-state index >= 15 is 0 Å². The fourth-order valence-electron chi connectivity index (χ4n) is 5.35. The Morgan fingerprint density at radius 1 is 0.857 bits per heavy atom. The van der Waals surface area contributed by atoms with Crippen molar-refractivity contribution in [2.75, 3.05) is 45.4 Å². The number of esters is 3. The molecule has 16 heteroatoms. The number of phenolic OH excluding ortho intramolecular Hbond substituents is 2. The molecule has 4 N–H and O–H groups in total. The summed E-state index contributed by atoms with van der Waals surface area (Å²) in [6, 6.07) is 15.3. The molecule has 0 fully saturated rings. The van der Waals surface area contributed by atoms with Crippen LogP contribution in [-0.4, -0.2) is 98.2 Å². The van der Waals surface area contributed by atoms with Crippen LogP contribution in [0.15, 0.2) is 66.7 Å². The van der Waals surface area contributed by atoms with Gasteiger partial charge in [-0.2, -0.15) is 0 Å². The number of phenols is 2. The molecule has 3 rings (SSSR count). The van der Waals surface area contributed by atoms with E-state index in [9.17, 15) is 39.0 Å². The molecular weight excluding hydrogens is 730 g/mol. The molecule has 0 radical (unpaired) electrons. The Kier molecular flexibility index (Phi) is 16.5. The lowest BCUT2D eigenvalue weighted by molar-refractivity contribution is -0.153. The molecular formula is C40H49N3O13. The number of benzene rings is 3. The van der Waals surface area contributed by atoms with Crippen molar-refractivity contribution < 1.29 is 62.7 Å². The third-order valence-electron chi connectivity index (χ3n) is 8.06. The van der Waals surface area contributed by atoms with Crippen LogP contribution in [0, 0.1) is 0 Å². The number of rotatable bonds is 17. The fraction of sp³-hybridized carbons (Fsp3) is 0.400. The highest BCUT2D eigenvalue weighted by Gasteiger charge is 2.32. The Morgan fingerprint density at radius 3 is 2.14 bits per heavy atom. The number of nitrogens with zero attached hydrogens (tertiary/aromatic N) is 1. The van der Waals surface area contributed by atoms with Gasteiger partial charge in [0.1, 0.15) is 34.5 Å². The molecule has 0 aliphatic heterocycles. The molecule has 56 heavy (non-hydrogen) atoms. The average molecular weight is 780 g/mol. The number of amides is 3. The molecule has 302 valence electrons. The van der Waals surface area contributed by atoms with Crippen LogP contribution in [-0.2, 0) is 44.5 Å². The van der Waals surface area contributed by atoms with E-state index in [4.69, 9.17) is 23.7 Å². The molecule has 0 bridgehead atoms.